The zero-order chi connectivity index (χ0) is 14.5. The second-order valence-electron chi connectivity index (χ2n) is 5.04. The van der Waals surface area contributed by atoms with Gasteiger partial charge in [-0.25, -0.2) is 0 Å². The van der Waals surface area contributed by atoms with Gasteiger partial charge in [0.05, 0.1) is 19.4 Å². The molecule has 0 radical (unpaired) electrons. The molecule has 20 heavy (non-hydrogen) atoms. The Bertz CT molecular complexity index is 500. The maximum Gasteiger partial charge on any atom is 0.308 e. The van der Waals surface area contributed by atoms with Crippen LogP contribution in [0.5, 0.6) is 5.75 Å². The molecule has 108 valence electrons. The van der Waals surface area contributed by atoms with Crippen molar-refractivity contribution in [3.63, 3.8) is 0 Å². The quantitative estimate of drug-likeness (QED) is 0.857. The average molecular weight is 277 g/mol. The Morgan fingerprint density at radius 1 is 1.35 bits per heavy atom. The third kappa shape index (κ3) is 3.29. The minimum atomic E-state index is -0.829. The van der Waals surface area contributed by atoms with Crippen LogP contribution in [0.2, 0.25) is 0 Å². The van der Waals surface area contributed by atoms with Crippen molar-refractivity contribution in [2.75, 3.05) is 7.11 Å². The van der Waals surface area contributed by atoms with Crippen LogP contribution in [-0.2, 0) is 16.0 Å². The van der Waals surface area contributed by atoms with Crippen molar-refractivity contribution in [1.29, 1.82) is 0 Å². The molecule has 0 spiro atoms. The van der Waals surface area contributed by atoms with Gasteiger partial charge in [-0.05, 0) is 18.9 Å². The van der Waals surface area contributed by atoms with Crippen molar-refractivity contribution >= 4 is 11.9 Å². The Labute approximate surface area is 117 Å². The summed E-state index contributed by atoms with van der Waals surface area (Å²) < 4.78 is 5.20. The number of carbonyl (C=O) groups excluding carboxylic acids is 1. The van der Waals surface area contributed by atoms with E-state index in [1.54, 1.807) is 13.2 Å². The van der Waals surface area contributed by atoms with E-state index in [2.05, 4.69) is 5.32 Å². The number of hydrogen-bond donors (Lipinski definition) is 2. The number of amides is 1. The second-order valence-corrected chi connectivity index (χ2v) is 5.04. The molecule has 0 bridgehead atoms. The summed E-state index contributed by atoms with van der Waals surface area (Å²) in [6, 6.07) is 7.08. The Hall–Kier alpha value is -2.04. The fourth-order valence-electron chi connectivity index (χ4n) is 2.71. The number of aliphatic carboxylic acids is 1. The van der Waals surface area contributed by atoms with Gasteiger partial charge in [0.25, 0.3) is 0 Å². The third-order valence-corrected chi connectivity index (χ3v) is 3.72. The molecule has 1 fully saturated rings. The molecule has 0 aromatic heterocycles. The highest BCUT2D eigenvalue weighted by Gasteiger charge is 2.33. The van der Waals surface area contributed by atoms with E-state index in [1.165, 1.54) is 0 Å². The Kier molecular flexibility index (Phi) is 4.61. The van der Waals surface area contributed by atoms with Crippen LogP contribution in [0.4, 0.5) is 0 Å². The molecule has 1 saturated carbocycles. The van der Waals surface area contributed by atoms with Gasteiger partial charge >= 0.3 is 5.97 Å². The maximum absolute atomic E-state index is 12.0. The van der Waals surface area contributed by atoms with E-state index in [0.29, 0.717) is 12.2 Å². The normalized spacial score (nSPS) is 21.4. The highest BCUT2D eigenvalue weighted by Crippen LogP contribution is 2.26. The first-order valence-corrected chi connectivity index (χ1v) is 6.76. The summed E-state index contributed by atoms with van der Waals surface area (Å²) in [6.45, 7) is 0. The largest absolute Gasteiger partial charge is 0.496 e. The summed E-state index contributed by atoms with van der Waals surface area (Å²) >= 11 is 0. The number of methoxy groups -OCH3 is 1. The molecule has 0 aliphatic heterocycles. The van der Waals surface area contributed by atoms with Crippen LogP contribution >= 0.6 is 0 Å². The number of carboxylic acids is 1. The molecule has 0 heterocycles. The summed E-state index contributed by atoms with van der Waals surface area (Å²) in [5.41, 5.74) is 0.803. The van der Waals surface area contributed by atoms with Crippen LogP contribution in [0.3, 0.4) is 0 Å². The number of rotatable bonds is 5. The Balaban J connectivity index is 1.97. The first-order chi connectivity index (χ1) is 9.61. The van der Waals surface area contributed by atoms with Gasteiger partial charge in [0.15, 0.2) is 0 Å². The van der Waals surface area contributed by atoms with E-state index in [9.17, 15) is 9.59 Å². The van der Waals surface area contributed by atoms with Crippen molar-refractivity contribution in [1.82, 2.24) is 5.32 Å². The maximum atomic E-state index is 12.0. The topological polar surface area (TPSA) is 75.6 Å². The zero-order valence-corrected chi connectivity index (χ0v) is 11.5. The fourth-order valence-corrected chi connectivity index (χ4v) is 2.71. The average Bonchev–Trinajstić information content (AvgIpc) is 2.87. The van der Waals surface area contributed by atoms with Gasteiger partial charge < -0.3 is 15.2 Å². The third-order valence-electron chi connectivity index (χ3n) is 3.72. The predicted molar refractivity (Wildman–Crippen MR) is 73.6 cm³/mol. The van der Waals surface area contributed by atoms with E-state index >= 15 is 0 Å². The lowest BCUT2D eigenvalue weighted by atomic mass is 10.0. The van der Waals surface area contributed by atoms with E-state index in [1.807, 2.05) is 18.2 Å². The predicted octanol–water partition coefficient (Wildman–Crippen LogP) is 1.61. The van der Waals surface area contributed by atoms with Gasteiger partial charge in [0, 0.05) is 11.6 Å². The molecule has 5 nitrogen and oxygen atoms in total. The molecule has 2 atom stereocenters. The van der Waals surface area contributed by atoms with Crippen LogP contribution in [0, 0.1) is 5.92 Å². The van der Waals surface area contributed by atoms with Gasteiger partial charge in [-0.1, -0.05) is 24.6 Å². The van der Waals surface area contributed by atoms with E-state index < -0.39 is 11.9 Å². The molecule has 1 aliphatic rings. The zero-order valence-electron chi connectivity index (χ0n) is 11.5. The van der Waals surface area contributed by atoms with Gasteiger partial charge in [0.2, 0.25) is 5.91 Å². The molecular weight excluding hydrogens is 258 g/mol. The highest BCUT2D eigenvalue weighted by atomic mass is 16.5. The van der Waals surface area contributed by atoms with Crippen LogP contribution in [0.15, 0.2) is 24.3 Å². The summed E-state index contributed by atoms with van der Waals surface area (Å²) in [7, 11) is 1.56. The number of para-hydroxylation sites is 1. The lowest BCUT2D eigenvalue weighted by Crippen LogP contribution is -2.40. The molecular formula is C15H19NO4. The van der Waals surface area contributed by atoms with Crippen molar-refractivity contribution in [2.45, 2.75) is 31.7 Å². The van der Waals surface area contributed by atoms with Crippen LogP contribution < -0.4 is 10.1 Å². The molecule has 2 rings (SSSR count). The van der Waals surface area contributed by atoms with Crippen molar-refractivity contribution in [3.05, 3.63) is 29.8 Å². The smallest absolute Gasteiger partial charge is 0.308 e. The number of benzene rings is 1. The van der Waals surface area contributed by atoms with Gasteiger partial charge in [-0.15, -0.1) is 0 Å². The van der Waals surface area contributed by atoms with Crippen molar-refractivity contribution in [2.24, 2.45) is 5.92 Å². The number of nitrogens with one attached hydrogen (secondary N) is 1. The number of ether oxygens (including phenoxy) is 1. The SMILES string of the molecule is COc1ccccc1CC(=O)NC1CCCC1C(=O)O. The van der Waals surface area contributed by atoms with Crippen LogP contribution in [0.25, 0.3) is 0 Å². The lowest BCUT2D eigenvalue weighted by Gasteiger charge is -2.18. The van der Waals surface area contributed by atoms with Crippen molar-refractivity contribution in [3.8, 4) is 5.75 Å². The minimum absolute atomic E-state index is 0.160. The summed E-state index contributed by atoms with van der Waals surface area (Å²) in [6.07, 6.45) is 2.41. The number of carbonyl (C=O) groups is 2. The summed E-state index contributed by atoms with van der Waals surface area (Å²) in [5, 5.41) is 11.9. The Morgan fingerprint density at radius 3 is 2.80 bits per heavy atom. The van der Waals surface area contributed by atoms with E-state index in [0.717, 1.165) is 18.4 Å². The van der Waals surface area contributed by atoms with Gasteiger partial charge in [-0.3, -0.25) is 9.59 Å². The fraction of sp³-hybridized carbons (Fsp3) is 0.467. The van der Waals surface area contributed by atoms with Crippen molar-refractivity contribution < 1.29 is 19.4 Å². The van der Waals surface area contributed by atoms with Crippen LogP contribution in [-0.4, -0.2) is 30.1 Å². The highest BCUT2D eigenvalue weighted by molar-refractivity contribution is 5.81. The van der Waals surface area contributed by atoms with Crippen LogP contribution in [0.1, 0.15) is 24.8 Å². The first-order valence-electron chi connectivity index (χ1n) is 6.76. The monoisotopic (exact) mass is 277 g/mol. The molecule has 1 amide bonds. The minimum Gasteiger partial charge on any atom is -0.496 e. The summed E-state index contributed by atoms with van der Waals surface area (Å²) in [4.78, 5) is 23.1. The lowest BCUT2D eigenvalue weighted by molar-refractivity contribution is -0.142. The van der Waals surface area contributed by atoms with E-state index in [-0.39, 0.29) is 18.4 Å². The molecule has 1 aliphatic carbocycles. The van der Waals surface area contributed by atoms with E-state index in [4.69, 9.17) is 9.84 Å². The molecule has 1 aromatic carbocycles. The van der Waals surface area contributed by atoms with Gasteiger partial charge in [0.1, 0.15) is 5.75 Å². The van der Waals surface area contributed by atoms with Gasteiger partial charge in [-0.2, -0.15) is 0 Å². The summed E-state index contributed by atoms with van der Waals surface area (Å²) in [5.74, 6) is -0.779. The second kappa shape index (κ2) is 6.41. The molecule has 5 heteroatoms. The number of hydrogen-bond acceptors (Lipinski definition) is 3. The molecule has 2 unspecified atom stereocenters. The number of carboxylic acid groups (broad SMARTS) is 1. The molecule has 0 saturated heterocycles. The molecule has 1 aromatic rings. The molecule has 2 N–H and O–H groups in total. The standard InChI is InChI=1S/C15H19NO4/c1-20-13-8-3-2-5-10(13)9-14(17)16-12-7-4-6-11(12)15(18)19/h2-3,5,8,11-12H,4,6-7,9H2,1H3,(H,16,17)(H,18,19). The Morgan fingerprint density at radius 2 is 2.10 bits per heavy atom. The first kappa shape index (κ1) is 14.4.